The van der Waals surface area contributed by atoms with Crippen molar-refractivity contribution < 1.29 is 23.6 Å². The highest BCUT2D eigenvalue weighted by atomic mass is 32.1. The number of hydrogen-bond donors (Lipinski definition) is 0. The van der Waals surface area contributed by atoms with E-state index in [9.17, 15) is 24.1 Å². The van der Waals surface area contributed by atoms with E-state index in [1.165, 1.54) is 35.2 Å². The van der Waals surface area contributed by atoms with E-state index >= 15 is 0 Å². The van der Waals surface area contributed by atoms with Crippen molar-refractivity contribution in [2.24, 2.45) is 0 Å². The Morgan fingerprint density at radius 2 is 1.85 bits per heavy atom. The van der Waals surface area contributed by atoms with Crippen molar-refractivity contribution in [3.63, 3.8) is 0 Å². The maximum atomic E-state index is 13.7. The van der Waals surface area contributed by atoms with Crippen LogP contribution >= 0.6 is 11.3 Å². The van der Waals surface area contributed by atoms with E-state index in [2.05, 4.69) is 0 Å². The minimum atomic E-state index is -0.483. The van der Waals surface area contributed by atoms with E-state index in [0.29, 0.717) is 18.7 Å². The number of rotatable bonds is 11. The molecule has 1 aliphatic heterocycles. The molecule has 0 N–H and O–H groups in total. The number of thiophene rings is 1. The summed E-state index contributed by atoms with van der Waals surface area (Å²) in [5.74, 6) is -0.938. The molecule has 0 bridgehead atoms. The van der Waals surface area contributed by atoms with Gasteiger partial charge in [-0.25, -0.2) is 4.39 Å². The van der Waals surface area contributed by atoms with Crippen LogP contribution in [-0.2, 0) is 27.4 Å². The van der Waals surface area contributed by atoms with Gasteiger partial charge in [0.2, 0.25) is 11.8 Å². The molecule has 4 rings (SSSR count). The molecule has 1 aromatic heterocycles. The molecule has 39 heavy (non-hydrogen) atoms. The second-order valence-electron chi connectivity index (χ2n) is 9.44. The van der Waals surface area contributed by atoms with E-state index in [4.69, 9.17) is 4.74 Å². The molecule has 3 aromatic rings. The van der Waals surface area contributed by atoms with Crippen LogP contribution < -0.4 is 0 Å². The van der Waals surface area contributed by atoms with Crippen molar-refractivity contribution in [1.29, 1.82) is 0 Å². The van der Waals surface area contributed by atoms with Gasteiger partial charge in [0.15, 0.2) is 0 Å². The summed E-state index contributed by atoms with van der Waals surface area (Å²) in [7, 11) is 0. The van der Waals surface area contributed by atoms with Gasteiger partial charge in [-0.3, -0.25) is 19.7 Å². The van der Waals surface area contributed by atoms with Crippen LogP contribution in [0.15, 0.2) is 66.1 Å². The molecule has 0 spiro atoms. The van der Waals surface area contributed by atoms with Gasteiger partial charge < -0.3 is 14.5 Å². The van der Waals surface area contributed by atoms with E-state index in [1.54, 1.807) is 46.6 Å². The summed E-state index contributed by atoms with van der Waals surface area (Å²) >= 11 is 1.56. The van der Waals surface area contributed by atoms with Gasteiger partial charge >= 0.3 is 0 Å². The van der Waals surface area contributed by atoms with Crippen LogP contribution in [0.4, 0.5) is 10.1 Å². The molecule has 8 nitrogen and oxygen atoms in total. The van der Waals surface area contributed by atoms with Crippen LogP contribution in [-0.4, -0.2) is 52.3 Å². The van der Waals surface area contributed by atoms with Gasteiger partial charge in [-0.2, -0.15) is 0 Å². The minimum absolute atomic E-state index is 0.0358. The predicted molar refractivity (Wildman–Crippen MR) is 147 cm³/mol. The average molecular weight is 552 g/mol. The average Bonchev–Trinajstić information content (AvgIpc) is 3.59. The van der Waals surface area contributed by atoms with Crippen LogP contribution in [0.25, 0.3) is 6.08 Å². The maximum Gasteiger partial charge on any atom is 0.269 e. The number of ether oxygens (including phenoxy) is 1. The first-order valence-corrected chi connectivity index (χ1v) is 13.5. The summed E-state index contributed by atoms with van der Waals surface area (Å²) in [6.45, 7) is 3.39. The number of benzene rings is 2. The largest absolute Gasteiger partial charge is 0.376 e. The van der Waals surface area contributed by atoms with Crippen molar-refractivity contribution in [3.8, 4) is 0 Å². The Labute approximate surface area is 230 Å². The van der Waals surface area contributed by atoms with Crippen LogP contribution in [0.5, 0.6) is 0 Å². The molecular formula is C29H30FN3O5S. The number of nitro benzene ring substituents is 1. The third-order valence-electron chi connectivity index (χ3n) is 6.55. The molecule has 0 radical (unpaired) electrons. The van der Waals surface area contributed by atoms with E-state index < -0.39 is 4.92 Å². The van der Waals surface area contributed by atoms with E-state index in [0.717, 1.165) is 28.8 Å². The number of carbonyl (C=O) groups excluding carboxylic acids is 2. The zero-order valence-electron chi connectivity index (χ0n) is 21.6. The first kappa shape index (κ1) is 28.1. The topological polar surface area (TPSA) is 93.0 Å². The number of nitro groups is 1. The maximum absolute atomic E-state index is 13.7. The molecule has 0 aliphatic carbocycles. The van der Waals surface area contributed by atoms with Crippen molar-refractivity contribution in [1.82, 2.24) is 9.80 Å². The molecule has 2 heterocycles. The molecule has 0 saturated carbocycles. The lowest BCUT2D eigenvalue weighted by atomic mass is 10.1. The number of amides is 2. The zero-order valence-corrected chi connectivity index (χ0v) is 22.4. The predicted octanol–water partition coefficient (Wildman–Crippen LogP) is 5.35. The molecule has 204 valence electrons. The summed E-state index contributed by atoms with van der Waals surface area (Å²) in [6.07, 6.45) is 4.49. The second-order valence-corrected chi connectivity index (χ2v) is 10.4. The van der Waals surface area contributed by atoms with Crippen molar-refractivity contribution in [2.75, 3.05) is 19.7 Å². The van der Waals surface area contributed by atoms with Gasteiger partial charge in [-0.05, 0) is 78.2 Å². The molecule has 1 fully saturated rings. The lowest BCUT2D eigenvalue weighted by molar-refractivity contribution is -0.384. The van der Waals surface area contributed by atoms with Gasteiger partial charge in [0, 0.05) is 42.8 Å². The van der Waals surface area contributed by atoms with Crippen LogP contribution in [0.2, 0.25) is 0 Å². The number of nitrogens with zero attached hydrogens (tertiary/aromatic N) is 3. The third-order valence-corrected chi connectivity index (χ3v) is 7.56. The first-order valence-electron chi connectivity index (χ1n) is 12.7. The van der Waals surface area contributed by atoms with Gasteiger partial charge in [0.1, 0.15) is 12.4 Å². The third kappa shape index (κ3) is 8.05. The van der Waals surface area contributed by atoms with Crippen molar-refractivity contribution in [2.45, 2.75) is 39.0 Å². The Kier molecular flexibility index (Phi) is 9.56. The lowest BCUT2D eigenvalue weighted by Crippen LogP contribution is -2.44. The van der Waals surface area contributed by atoms with Crippen molar-refractivity contribution >= 4 is 34.9 Å². The van der Waals surface area contributed by atoms with Crippen LogP contribution in [0.1, 0.15) is 34.4 Å². The number of hydrogen-bond acceptors (Lipinski definition) is 6. The smallest absolute Gasteiger partial charge is 0.269 e. The fourth-order valence-corrected chi connectivity index (χ4v) is 5.21. The molecule has 1 unspecified atom stereocenters. The van der Waals surface area contributed by atoms with Crippen LogP contribution in [0, 0.1) is 22.9 Å². The number of aryl methyl sites for hydroxylation is 1. The Bertz CT molecular complexity index is 1320. The zero-order chi connectivity index (χ0) is 27.8. The SMILES string of the molecule is Cc1ccsc1CN(Cc1ccc(F)cc1)C(=O)CN(CC1CCCO1)C(=O)C=Cc1ccc([N+](=O)[O-])cc1. The van der Waals surface area contributed by atoms with Gasteiger partial charge in [0.05, 0.1) is 17.6 Å². The Hall–Kier alpha value is -3.89. The molecule has 10 heteroatoms. The standard InChI is InChI=1S/C29H30FN3O5S/c1-21-14-16-39-27(21)19-31(17-23-4-9-24(30)10-5-23)29(35)20-32(18-26-3-2-15-38-26)28(34)13-8-22-6-11-25(12-7-22)33(36)37/h4-14,16,26H,2-3,15,17-20H2,1H3. The second kappa shape index (κ2) is 13.3. The van der Waals surface area contributed by atoms with E-state index in [1.807, 2.05) is 18.4 Å². The molecule has 2 aromatic carbocycles. The fourth-order valence-electron chi connectivity index (χ4n) is 4.29. The molecule has 1 saturated heterocycles. The summed E-state index contributed by atoms with van der Waals surface area (Å²) in [6, 6.07) is 13.9. The van der Waals surface area contributed by atoms with Crippen LogP contribution in [0.3, 0.4) is 0 Å². The van der Waals surface area contributed by atoms with Crippen molar-refractivity contribution in [3.05, 3.63) is 104 Å². The Balaban J connectivity index is 1.52. The quantitative estimate of drug-likeness (QED) is 0.182. The molecule has 1 atom stereocenters. The highest BCUT2D eigenvalue weighted by Crippen LogP contribution is 2.21. The Morgan fingerprint density at radius 1 is 1.10 bits per heavy atom. The van der Waals surface area contributed by atoms with Gasteiger partial charge in [-0.1, -0.05) is 12.1 Å². The number of carbonyl (C=O) groups is 2. The van der Waals surface area contributed by atoms with E-state index in [-0.39, 0.29) is 49.1 Å². The molecule has 2 amide bonds. The monoisotopic (exact) mass is 551 g/mol. The highest BCUT2D eigenvalue weighted by molar-refractivity contribution is 7.10. The molecule has 1 aliphatic rings. The summed E-state index contributed by atoms with van der Waals surface area (Å²) in [4.78, 5) is 41.5. The number of non-ortho nitro benzene ring substituents is 1. The summed E-state index contributed by atoms with van der Waals surface area (Å²) in [5, 5.41) is 12.9. The lowest BCUT2D eigenvalue weighted by Gasteiger charge is -2.28. The number of halogens is 1. The molecular weight excluding hydrogens is 521 g/mol. The summed E-state index contributed by atoms with van der Waals surface area (Å²) < 4.78 is 19.2. The van der Waals surface area contributed by atoms with Gasteiger partial charge in [0.25, 0.3) is 5.69 Å². The first-order chi connectivity index (χ1) is 18.8. The van der Waals surface area contributed by atoms with Gasteiger partial charge in [-0.15, -0.1) is 11.3 Å². The highest BCUT2D eigenvalue weighted by Gasteiger charge is 2.26. The Morgan fingerprint density at radius 3 is 2.46 bits per heavy atom. The normalized spacial score (nSPS) is 15.0. The summed E-state index contributed by atoms with van der Waals surface area (Å²) in [5.41, 5.74) is 2.46. The fraction of sp³-hybridized carbons (Fsp3) is 0.310. The minimum Gasteiger partial charge on any atom is -0.376 e.